The predicted molar refractivity (Wildman–Crippen MR) is 218 cm³/mol. The first-order chi connectivity index (χ1) is 25.3. The lowest BCUT2D eigenvalue weighted by atomic mass is 9.97. The Balaban J connectivity index is 1.30. The van der Waals surface area contributed by atoms with Gasteiger partial charge < -0.3 is 9.32 Å². The first-order valence-corrected chi connectivity index (χ1v) is 18.1. The van der Waals surface area contributed by atoms with E-state index < -0.39 is 0 Å². The van der Waals surface area contributed by atoms with E-state index in [1.54, 1.807) is 0 Å². The molecule has 0 amide bonds. The van der Waals surface area contributed by atoms with Crippen LogP contribution >= 0.6 is 11.3 Å². The lowest BCUT2D eigenvalue weighted by molar-refractivity contribution is 0.673. The van der Waals surface area contributed by atoms with Crippen LogP contribution in [0.2, 0.25) is 0 Å². The van der Waals surface area contributed by atoms with E-state index in [1.165, 1.54) is 48.2 Å². The molecule has 10 rings (SSSR count). The number of anilines is 3. The van der Waals surface area contributed by atoms with E-state index in [-0.39, 0.29) is 0 Å². The highest BCUT2D eigenvalue weighted by Crippen LogP contribution is 2.50. The maximum absolute atomic E-state index is 6.69. The number of nitrogens with zero attached hydrogens (tertiary/aromatic N) is 1. The van der Waals surface area contributed by atoms with Gasteiger partial charge in [0.05, 0.1) is 10.4 Å². The molecule has 240 valence electrons. The van der Waals surface area contributed by atoms with Crippen LogP contribution in [0.1, 0.15) is 0 Å². The Bertz CT molecular complexity index is 2780. The molecule has 0 unspecified atom stereocenters. The van der Waals surface area contributed by atoms with Crippen LogP contribution in [0.5, 0.6) is 0 Å². The van der Waals surface area contributed by atoms with Crippen molar-refractivity contribution in [2.75, 3.05) is 4.90 Å². The fourth-order valence-corrected chi connectivity index (χ4v) is 8.62. The van der Waals surface area contributed by atoms with E-state index in [0.717, 1.165) is 44.4 Å². The molecule has 2 aromatic heterocycles. The molecule has 0 aliphatic carbocycles. The highest BCUT2D eigenvalue weighted by atomic mass is 32.1. The molecule has 0 bridgehead atoms. The van der Waals surface area contributed by atoms with Gasteiger partial charge in [-0.1, -0.05) is 140 Å². The van der Waals surface area contributed by atoms with Gasteiger partial charge in [0.1, 0.15) is 11.2 Å². The molecule has 0 saturated carbocycles. The third-order valence-electron chi connectivity index (χ3n) is 9.83. The van der Waals surface area contributed by atoms with E-state index in [0.29, 0.717) is 0 Å². The normalized spacial score (nSPS) is 11.5. The van der Waals surface area contributed by atoms with E-state index in [9.17, 15) is 0 Å². The van der Waals surface area contributed by atoms with Crippen LogP contribution in [-0.4, -0.2) is 0 Å². The zero-order valence-electron chi connectivity index (χ0n) is 27.7. The third-order valence-corrected chi connectivity index (χ3v) is 11.0. The second kappa shape index (κ2) is 12.2. The summed E-state index contributed by atoms with van der Waals surface area (Å²) in [6.45, 7) is 0. The average molecular weight is 670 g/mol. The molecule has 0 atom stereocenters. The first kappa shape index (κ1) is 29.5. The van der Waals surface area contributed by atoms with E-state index in [1.807, 2.05) is 11.3 Å². The molecule has 0 N–H and O–H groups in total. The van der Waals surface area contributed by atoms with Gasteiger partial charge in [-0.3, -0.25) is 0 Å². The van der Waals surface area contributed by atoms with Gasteiger partial charge in [-0.2, -0.15) is 0 Å². The Hall–Kier alpha value is -6.42. The number of hydrogen-bond donors (Lipinski definition) is 0. The predicted octanol–water partition coefficient (Wildman–Crippen LogP) is 14.4. The number of hydrogen-bond acceptors (Lipinski definition) is 3. The highest BCUT2D eigenvalue weighted by molar-refractivity contribution is 7.26. The molecule has 8 aromatic carbocycles. The van der Waals surface area contributed by atoms with Crippen molar-refractivity contribution < 1.29 is 4.42 Å². The minimum Gasteiger partial charge on any atom is -0.455 e. The fourth-order valence-electron chi connectivity index (χ4n) is 7.41. The van der Waals surface area contributed by atoms with Crippen molar-refractivity contribution in [3.8, 4) is 33.4 Å². The molecule has 10 aromatic rings. The molecule has 0 radical (unpaired) electrons. The Morgan fingerprint density at radius 1 is 0.392 bits per heavy atom. The van der Waals surface area contributed by atoms with Crippen molar-refractivity contribution in [1.82, 2.24) is 0 Å². The molecular formula is C48H31NOS. The monoisotopic (exact) mass is 669 g/mol. The SMILES string of the molecule is c1ccc(-c2ccc(N(c3cc(-c4ccccc4)cc(-c4ccccc4)c3)c3cc4c5ccccc5oc4c4c3sc3ccccc34)cc2)cc1. The van der Waals surface area contributed by atoms with Crippen LogP contribution in [0.4, 0.5) is 17.1 Å². The first-order valence-electron chi connectivity index (χ1n) is 17.3. The zero-order valence-corrected chi connectivity index (χ0v) is 28.5. The summed E-state index contributed by atoms with van der Waals surface area (Å²) in [6.07, 6.45) is 0. The number of fused-ring (bicyclic) bond motifs is 7. The molecule has 2 heterocycles. The third kappa shape index (κ3) is 5.10. The van der Waals surface area contributed by atoms with Crippen LogP contribution in [-0.2, 0) is 0 Å². The maximum atomic E-state index is 6.69. The molecule has 0 aliphatic rings. The Morgan fingerprint density at radius 2 is 0.922 bits per heavy atom. The molecule has 2 nitrogen and oxygen atoms in total. The summed E-state index contributed by atoms with van der Waals surface area (Å²) in [4.78, 5) is 2.45. The minimum atomic E-state index is 0.900. The topological polar surface area (TPSA) is 16.4 Å². The summed E-state index contributed by atoms with van der Waals surface area (Å²) in [5, 5.41) is 4.61. The summed E-state index contributed by atoms with van der Waals surface area (Å²) in [7, 11) is 0. The lowest BCUT2D eigenvalue weighted by Gasteiger charge is -2.28. The Kier molecular flexibility index (Phi) is 7.04. The van der Waals surface area contributed by atoms with Gasteiger partial charge in [0.2, 0.25) is 0 Å². The van der Waals surface area contributed by atoms with Crippen LogP contribution in [0.15, 0.2) is 192 Å². The second-order valence-electron chi connectivity index (χ2n) is 12.9. The molecule has 0 aliphatic heterocycles. The number of para-hydroxylation sites is 1. The van der Waals surface area contributed by atoms with E-state index in [2.05, 4.69) is 193 Å². The highest BCUT2D eigenvalue weighted by Gasteiger charge is 2.24. The van der Waals surface area contributed by atoms with E-state index >= 15 is 0 Å². The quantitative estimate of drug-likeness (QED) is 0.175. The van der Waals surface area contributed by atoms with Gasteiger partial charge in [0, 0.05) is 37.6 Å². The summed E-state index contributed by atoms with van der Waals surface area (Å²) in [6, 6.07) is 67.4. The molecule has 3 heteroatoms. The van der Waals surface area contributed by atoms with Gasteiger partial charge in [-0.25, -0.2) is 0 Å². The van der Waals surface area contributed by atoms with Crippen molar-refractivity contribution in [2.24, 2.45) is 0 Å². The number of furan rings is 1. The van der Waals surface area contributed by atoms with Gasteiger partial charge in [0.15, 0.2) is 0 Å². The number of rotatable bonds is 6. The average Bonchev–Trinajstić information content (AvgIpc) is 3.78. The largest absolute Gasteiger partial charge is 0.455 e. The van der Waals surface area contributed by atoms with Crippen LogP contribution in [0, 0.1) is 0 Å². The summed E-state index contributed by atoms with van der Waals surface area (Å²) < 4.78 is 9.12. The summed E-state index contributed by atoms with van der Waals surface area (Å²) in [5.41, 5.74) is 12.2. The maximum Gasteiger partial charge on any atom is 0.144 e. The lowest BCUT2D eigenvalue weighted by Crippen LogP contribution is -2.10. The van der Waals surface area contributed by atoms with Gasteiger partial charge in [-0.15, -0.1) is 11.3 Å². The van der Waals surface area contributed by atoms with Crippen molar-refractivity contribution in [1.29, 1.82) is 0 Å². The van der Waals surface area contributed by atoms with Gasteiger partial charge in [0.25, 0.3) is 0 Å². The van der Waals surface area contributed by atoms with Crippen LogP contribution in [0.25, 0.3) is 75.5 Å². The summed E-state index contributed by atoms with van der Waals surface area (Å²) >= 11 is 1.83. The van der Waals surface area contributed by atoms with Gasteiger partial charge >= 0.3 is 0 Å². The van der Waals surface area contributed by atoms with Crippen molar-refractivity contribution in [2.45, 2.75) is 0 Å². The van der Waals surface area contributed by atoms with Crippen molar-refractivity contribution >= 4 is 70.5 Å². The fraction of sp³-hybridized carbons (Fsp3) is 0. The molecule has 51 heavy (non-hydrogen) atoms. The standard InChI is InChI=1S/C48H31NOS/c1-4-14-32(15-5-1)35-24-26-38(27-25-35)49(39-29-36(33-16-6-2-7-17-33)28-37(30-39)34-18-8-3-9-19-34)43-31-42-40-20-10-12-22-44(40)50-47(42)46-41-21-11-13-23-45(41)51-48(43)46/h1-31H. The van der Waals surface area contributed by atoms with Crippen molar-refractivity contribution in [3.05, 3.63) is 188 Å². The Labute approximate surface area is 300 Å². The molecule has 0 fully saturated rings. The number of thiophene rings is 1. The smallest absolute Gasteiger partial charge is 0.144 e. The molecule has 0 saturated heterocycles. The Morgan fingerprint density at radius 3 is 1.57 bits per heavy atom. The second-order valence-corrected chi connectivity index (χ2v) is 14.0. The van der Waals surface area contributed by atoms with Gasteiger partial charge in [-0.05, 0) is 81.9 Å². The minimum absolute atomic E-state index is 0.900. The number of benzene rings is 8. The zero-order chi connectivity index (χ0) is 33.7. The van der Waals surface area contributed by atoms with Crippen molar-refractivity contribution in [3.63, 3.8) is 0 Å². The molecule has 0 spiro atoms. The van der Waals surface area contributed by atoms with Crippen LogP contribution in [0.3, 0.4) is 0 Å². The van der Waals surface area contributed by atoms with Crippen LogP contribution < -0.4 is 4.90 Å². The van der Waals surface area contributed by atoms with E-state index in [4.69, 9.17) is 4.42 Å². The molecular weight excluding hydrogens is 639 g/mol. The summed E-state index contributed by atoms with van der Waals surface area (Å²) in [5.74, 6) is 0.